The smallest absolute Gasteiger partial charge is 0.350 e. The second-order valence-electron chi connectivity index (χ2n) is 6.97. The summed E-state index contributed by atoms with van der Waals surface area (Å²) in [6.45, 7) is 13.9. The van der Waals surface area contributed by atoms with Crippen molar-refractivity contribution in [1.82, 2.24) is 9.80 Å². The van der Waals surface area contributed by atoms with E-state index >= 15 is 0 Å². The number of hydrogen-bond donors (Lipinski definition) is 0. The molecule has 0 amide bonds. The first-order valence-electron chi connectivity index (χ1n) is 10.4. The lowest BCUT2D eigenvalue weighted by Gasteiger charge is -2.29. The van der Waals surface area contributed by atoms with E-state index < -0.39 is 0 Å². The number of ether oxygens (including phenoxy) is 1. The van der Waals surface area contributed by atoms with Gasteiger partial charge in [-0.3, -0.25) is 14.4 Å². The minimum Gasteiger partial charge on any atom is -0.375 e. The zero-order chi connectivity index (χ0) is 17.6. The molecule has 0 unspecified atom stereocenters. The van der Waals surface area contributed by atoms with Crippen molar-refractivity contribution >= 4 is 5.96 Å². The van der Waals surface area contributed by atoms with E-state index in [4.69, 9.17) is 4.74 Å². The van der Waals surface area contributed by atoms with Crippen LogP contribution in [-0.4, -0.2) is 73.3 Å². The van der Waals surface area contributed by atoms with Gasteiger partial charge in [0, 0.05) is 0 Å². The molecule has 0 atom stereocenters. The van der Waals surface area contributed by atoms with Gasteiger partial charge in [-0.2, -0.15) is 0 Å². The minimum absolute atomic E-state index is 0.858. The van der Waals surface area contributed by atoms with Crippen LogP contribution in [0.15, 0.2) is 0 Å². The summed E-state index contributed by atoms with van der Waals surface area (Å²) in [4.78, 5) is 4.98. The molecule has 0 aromatic carbocycles. The molecule has 0 spiro atoms. The Kier molecular flexibility index (Phi) is 12.0. The average molecular weight is 341 g/mol. The highest BCUT2D eigenvalue weighted by Crippen LogP contribution is 2.09. The molecular formula is C20H42N3O+. The van der Waals surface area contributed by atoms with Crippen LogP contribution in [0.25, 0.3) is 0 Å². The third kappa shape index (κ3) is 7.87. The first-order chi connectivity index (χ1) is 11.7. The van der Waals surface area contributed by atoms with E-state index in [1.165, 1.54) is 57.3 Å². The Bertz CT molecular complexity index is 332. The third-order valence-electron chi connectivity index (χ3n) is 5.03. The first-order valence-corrected chi connectivity index (χ1v) is 10.4. The van der Waals surface area contributed by atoms with Crippen LogP contribution in [0.5, 0.6) is 0 Å². The maximum Gasteiger partial charge on any atom is 0.350 e. The van der Waals surface area contributed by atoms with Gasteiger partial charge in [0.2, 0.25) is 0 Å². The molecule has 142 valence electrons. The summed E-state index contributed by atoms with van der Waals surface area (Å²) in [7, 11) is 2.27. The summed E-state index contributed by atoms with van der Waals surface area (Å²) >= 11 is 0. The standard InChI is InChI=1S/C20H42N3O/c1-5-8-9-10-11-12-13-14-15-21(4)20(22(6-2)7-3)23-16-18-24-19-17-23/h5-19H2,1-4H3/q+1. The number of hydrogen-bond acceptors (Lipinski definition) is 1. The fraction of sp³-hybridized carbons (Fsp3) is 0.950. The Morgan fingerprint density at radius 1 is 0.833 bits per heavy atom. The molecule has 0 aromatic heterocycles. The molecule has 1 saturated heterocycles. The molecule has 0 radical (unpaired) electrons. The predicted molar refractivity (Wildman–Crippen MR) is 104 cm³/mol. The Hall–Kier alpha value is -0.770. The van der Waals surface area contributed by atoms with Crippen molar-refractivity contribution in [2.75, 3.05) is 53.0 Å². The number of nitrogens with zero attached hydrogens (tertiary/aromatic N) is 3. The monoisotopic (exact) mass is 340 g/mol. The highest BCUT2D eigenvalue weighted by atomic mass is 16.5. The molecule has 4 heteroatoms. The van der Waals surface area contributed by atoms with E-state index in [2.05, 4.69) is 42.2 Å². The molecule has 0 saturated carbocycles. The fourth-order valence-electron chi connectivity index (χ4n) is 3.54. The quantitative estimate of drug-likeness (QED) is 0.324. The summed E-state index contributed by atoms with van der Waals surface area (Å²) in [6, 6.07) is 0. The van der Waals surface area contributed by atoms with Gasteiger partial charge >= 0.3 is 5.96 Å². The van der Waals surface area contributed by atoms with E-state index in [9.17, 15) is 0 Å². The van der Waals surface area contributed by atoms with Gasteiger partial charge < -0.3 is 4.74 Å². The molecule has 1 heterocycles. The summed E-state index contributed by atoms with van der Waals surface area (Å²) in [5, 5.41) is 0. The van der Waals surface area contributed by atoms with Crippen LogP contribution in [0.4, 0.5) is 0 Å². The molecule has 24 heavy (non-hydrogen) atoms. The van der Waals surface area contributed by atoms with Crippen molar-refractivity contribution in [3.63, 3.8) is 0 Å². The third-order valence-corrected chi connectivity index (χ3v) is 5.03. The van der Waals surface area contributed by atoms with E-state index in [1.807, 2.05) is 0 Å². The highest BCUT2D eigenvalue weighted by molar-refractivity contribution is 5.75. The lowest BCUT2D eigenvalue weighted by Crippen LogP contribution is -2.51. The van der Waals surface area contributed by atoms with E-state index in [1.54, 1.807) is 0 Å². The largest absolute Gasteiger partial charge is 0.375 e. The van der Waals surface area contributed by atoms with Gasteiger partial charge in [-0.25, -0.2) is 0 Å². The molecule has 0 aliphatic carbocycles. The normalized spacial score (nSPS) is 14.8. The Morgan fingerprint density at radius 2 is 1.38 bits per heavy atom. The molecule has 0 aromatic rings. The van der Waals surface area contributed by atoms with Gasteiger partial charge in [0.1, 0.15) is 0 Å². The molecule has 1 fully saturated rings. The van der Waals surface area contributed by atoms with Crippen LogP contribution in [0.3, 0.4) is 0 Å². The van der Waals surface area contributed by atoms with Crippen molar-refractivity contribution in [3.05, 3.63) is 0 Å². The van der Waals surface area contributed by atoms with Gasteiger partial charge in [0.25, 0.3) is 0 Å². The lowest BCUT2D eigenvalue weighted by atomic mass is 10.1. The van der Waals surface area contributed by atoms with Crippen molar-refractivity contribution in [3.8, 4) is 0 Å². The van der Waals surface area contributed by atoms with Crippen molar-refractivity contribution < 1.29 is 9.31 Å². The summed E-state index contributed by atoms with van der Waals surface area (Å²) in [5.41, 5.74) is 0. The SMILES string of the molecule is CCCCCCCCCCN(C)C(N(CC)CC)=[N+]1CCOCC1. The van der Waals surface area contributed by atoms with Gasteiger partial charge in [-0.1, -0.05) is 51.9 Å². The topological polar surface area (TPSA) is 18.7 Å². The van der Waals surface area contributed by atoms with Crippen molar-refractivity contribution in [2.24, 2.45) is 0 Å². The maximum atomic E-state index is 5.54. The van der Waals surface area contributed by atoms with Crippen LogP contribution in [0.2, 0.25) is 0 Å². The average Bonchev–Trinajstić information content (AvgIpc) is 2.62. The molecule has 0 bridgehead atoms. The van der Waals surface area contributed by atoms with Crippen molar-refractivity contribution in [2.45, 2.75) is 72.1 Å². The van der Waals surface area contributed by atoms with Crippen LogP contribution in [0, 0.1) is 0 Å². The zero-order valence-corrected chi connectivity index (χ0v) is 16.9. The number of rotatable bonds is 11. The Labute approximate surface area is 150 Å². The summed E-state index contributed by atoms with van der Waals surface area (Å²) in [6.07, 6.45) is 11.1. The Balaban J connectivity index is 2.40. The van der Waals surface area contributed by atoms with E-state index in [0.29, 0.717) is 0 Å². The van der Waals surface area contributed by atoms with Crippen LogP contribution in [0.1, 0.15) is 72.1 Å². The molecule has 1 aliphatic heterocycles. The predicted octanol–water partition coefficient (Wildman–Crippen LogP) is 3.80. The fourth-order valence-corrected chi connectivity index (χ4v) is 3.54. The van der Waals surface area contributed by atoms with E-state index in [0.717, 1.165) is 45.9 Å². The number of unbranched alkanes of at least 4 members (excludes halogenated alkanes) is 7. The lowest BCUT2D eigenvalue weighted by molar-refractivity contribution is -0.558. The van der Waals surface area contributed by atoms with Crippen molar-refractivity contribution in [1.29, 1.82) is 0 Å². The van der Waals surface area contributed by atoms with Crippen LogP contribution in [-0.2, 0) is 4.74 Å². The second kappa shape index (κ2) is 13.5. The summed E-state index contributed by atoms with van der Waals surface area (Å²) in [5.74, 6) is 1.41. The molecule has 4 nitrogen and oxygen atoms in total. The molecular weight excluding hydrogens is 298 g/mol. The van der Waals surface area contributed by atoms with Crippen LogP contribution >= 0.6 is 0 Å². The zero-order valence-electron chi connectivity index (χ0n) is 16.9. The summed E-state index contributed by atoms with van der Waals surface area (Å²) < 4.78 is 8.05. The molecule has 1 rings (SSSR count). The Morgan fingerprint density at radius 3 is 1.92 bits per heavy atom. The van der Waals surface area contributed by atoms with Gasteiger partial charge in [0.05, 0.1) is 53.0 Å². The van der Waals surface area contributed by atoms with Gasteiger partial charge in [-0.15, -0.1) is 0 Å². The van der Waals surface area contributed by atoms with E-state index in [-0.39, 0.29) is 0 Å². The number of guanidine groups is 1. The maximum absolute atomic E-state index is 5.54. The first kappa shape index (κ1) is 21.3. The van der Waals surface area contributed by atoms with Gasteiger partial charge in [0.15, 0.2) is 0 Å². The highest BCUT2D eigenvalue weighted by Gasteiger charge is 2.25. The molecule has 0 N–H and O–H groups in total. The van der Waals surface area contributed by atoms with Gasteiger partial charge in [-0.05, 0) is 20.3 Å². The molecule has 1 aliphatic rings. The van der Waals surface area contributed by atoms with Crippen LogP contribution < -0.4 is 0 Å². The number of morpholine rings is 1. The second-order valence-corrected chi connectivity index (χ2v) is 6.97. The minimum atomic E-state index is 0.858.